The molecule has 0 aliphatic rings. The Morgan fingerprint density at radius 1 is 1.27 bits per heavy atom. The highest BCUT2D eigenvalue weighted by molar-refractivity contribution is 8.03. The highest BCUT2D eigenvalue weighted by Gasteiger charge is 2.09. The van der Waals surface area contributed by atoms with Crippen LogP contribution in [-0.4, -0.2) is 32.5 Å². The Bertz CT molecular complexity index is 660. The van der Waals surface area contributed by atoms with Crippen LogP contribution in [0, 0.1) is 10.1 Å². The lowest BCUT2D eigenvalue weighted by molar-refractivity contribution is -0.384. The van der Waals surface area contributed by atoms with E-state index in [-0.39, 0.29) is 17.3 Å². The zero-order valence-corrected chi connectivity index (χ0v) is 14.0. The molecule has 0 bridgehead atoms. The summed E-state index contributed by atoms with van der Waals surface area (Å²) in [6.45, 7) is 2.04. The molecule has 0 aliphatic carbocycles. The Balaban J connectivity index is 1.83. The Kier molecular flexibility index (Phi) is 6.16. The van der Waals surface area contributed by atoms with Crippen LogP contribution in [0.2, 0.25) is 0 Å². The maximum Gasteiger partial charge on any atom is 0.269 e. The van der Waals surface area contributed by atoms with Crippen LogP contribution < -0.4 is 5.32 Å². The van der Waals surface area contributed by atoms with Crippen LogP contribution in [0.1, 0.15) is 6.92 Å². The van der Waals surface area contributed by atoms with Gasteiger partial charge in [0.2, 0.25) is 5.91 Å². The fourth-order valence-electron chi connectivity index (χ4n) is 1.43. The molecule has 0 saturated carbocycles. The van der Waals surface area contributed by atoms with Gasteiger partial charge in [0.25, 0.3) is 5.69 Å². The van der Waals surface area contributed by atoms with Gasteiger partial charge in [-0.05, 0) is 17.9 Å². The lowest BCUT2D eigenvalue weighted by Gasteiger charge is -2.03. The minimum atomic E-state index is -0.483. The third kappa shape index (κ3) is 4.97. The second kappa shape index (κ2) is 8.11. The van der Waals surface area contributed by atoms with Gasteiger partial charge in [-0.3, -0.25) is 14.9 Å². The van der Waals surface area contributed by atoms with E-state index in [2.05, 4.69) is 15.5 Å². The number of nitrogens with zero attached hydrogens (tertiary/aromatic N) is 3. The number of hydrogen-bond donors (Lipinski definition) is 1. The van der Waals surface area contributed by atoms with Gasteiger partial charge in [0.05, 0.1) is 10.7 Å². The van der Waals surface area contributed by atoms with Gasteiger partial charge in [-0.25, -0.2) is 0 Å². The van der Waals surface area contributed by atoms with E-state index in [1.54, 1.807) is 11.8 Å². The molecule has 2 aromatic rings. The van der Waals surface area contributed by atoms with E-state index in [0.29, 0.717) is 5.69 Å². The molecule has 0 radical (unpaired) electrons. The van der Waals surface area contributed by atoms with Gasteiger partial charge in [0.1, 0.15) is 0 Å². The normalized spacial score (nSPS) is 10.4. The van der Waals surface area contributed by atoms with Crippen molar-refractivity contribution in [3.8, 4) is 0 Å². The number of anilines is 1. The monoisotopic (exact) mass is 356 g/mol. The number of hydrogen-bond acceptors (Lipinski definition) is 8. The summed E-state index contributed by atoms with van der Waals surface area (Å²) in [5.41, 5.74) is 0.512. The smallest absolute Gasteiger partial charge is 0.269 e. The number of nitro benzene ring substituents is 1. The molecular weight excluding hydrogens is 344 g/mol. The maximum atomic E-state index is 11.8. The highest BCUT2D eigenvalue weighted by Crippen LogP contribution is 2.28. The van der Waals surface area contributed by atoms with Crippen LogP contribution in [0.4, 0.5) is 11.4 Å². The summed E-state index contributed by atoms with van der Waals surface area (Å²) in [4.78, 5) is 21.9. The first-order valence-corrected chi connectivity index (χ1v) is 9.00. The van der Waals surface area contributed by atoms with Gasteiger partial charge in [0, 0.05) is 17.8 Å². The van der Waals surface area contributed by atoms with Crippen molar-refractivity contribution in [2.75, 3.05) is 16.8 Å². The maximum absolute atomic E-state index is 11.8. The van der Waals surface area contributed by atoms with Crippen molar-refractivity contribution in [3.63, 3.8) is 0 Å². The molecule has 116 valence electrons. The van der Waals surface area contributed by atoms with Crippen molar-refractivity contribution >= 4 is 52.1 Å². The zero-order valence-electron chi connectivity index (χ0n) is 11.5. The summed E-state index contributed by atoms with van der Waals surface area (Å²) >= 11 is 4.39. The number of benzene rings is 1. The molecule has 0 saturated heterocycles. The predicted molar refractivity (Wildman–Crippen MR) is 88.8 cm³/mol. The van der Waals surface area contributed by atoms with Crippen LogP contribution in [-0.2, 0) is 4.79 Å². The summed E-state index contributed by atoms with van der Waals surface area (Å²) in [6, 6.07) is 5.70. The Morgan fingerprint density at radius 2 is 1.91 bits per heavy atom. The molecular formula is C12H12N4O3S3. The average molecular weight is 356 g/mol. The van der Waals surface area contributed by atoms with E-state index in [1.807, 2.05) is 6.92 Å². The number of rotatable bonds is 7. The highest BCUT2D eigenvalue weighted by atomic mass is 32.2. The van der Waals surface area contributed by atoms with Gasteiger partial charge >= 0.3 is 0 Å². The van der Waals surface area contributed by atoms with Crippen molar-refractivity contribution in [2.45, 2.75) is 15.6 Å². The number of non-ortho nitro benzene ring substituents is 1. The van der Waals surface area contributed by atoms with E-state index in [4.69, 9.17) is 0 Å². The minimum Gasteiger partial charge on any atom is -0.325 e. The van der Waals surface area contributed by atoms with E-state index in [1.165, 1.54) is 47.4 Å². The fourth-order valence-corrected chi connectivity index (χ4v) is 4.15. The number of amides is 1. The molecule has 1 aromatic heterocycles. The van der Waals surface area contributed by atoms with Crippen molar-refractivity contribution < 1.29 is 9.72 Å². The van der Waals surface area contributed by atoms with Crippen molar-refractivity contribution in [1.29, 1.82) is 0 Å². The standard InChI is InChI=1S/C12H12N4O3S3/c1-2-20-11-14-15-12(22-11)21-7-10(17)13-8-3-5-9(6-4-8)16(18)19/h3-6H,2,7H2,1H3,(H,13,17). The van der Waals surface area contributed by atoms with Crippen LogP contribution in [0.3, 0.4) is 0 Å². The Morgan fingerprint density at radius 3 is 2.50 bits per heavy atom. The summed E-state index contributed by atoms with van der Waals surface area (Å²) in [6.07, 6.45) is 0. The Hall–Kier alpha value is -1.65. The number of aromatic nitrogens is 2. The molecule has 0 unspecified atom stereocenters. The third-order valence-corrected chi connectivity index (χ3v) is 5.42. The topological polar surface area (TPSA) is 98.0 Å². The number of nitro groups is 1. The van der Waals surface area contributed by atoms with E-state index in [0.717, 1.165) is 14.4 Å². The molecule has 1 amide bonds. The number of carbonyl (C=O) groups excluding carboxylic acids is 1. The van der Waals surface area contributed by atoms with Gasteiger partial charge in [-0.1, -0.05) is 41.8 Å². The zero-order chi connectivity index (χ0) is 15.9. The molecule has 2 rings (SSSR count). The number of thioether (sulfide) groups is 2. The molecule has 0 spiro atoms. The molecule has 1 aromatic carbocycles. The van der Waals surface area contributed by atoms with Gasteiger partial charge in [-0.2, -0.15) is 0 Å². The van der Waals surface area contributed by atoms with Crippen LogP contribution in [0.5, 0.6) is 0 Å². The quantitative estimate of drug-likeness (QED) is 0.462. The van der Waals surface area contributed by atoms with Gasteiger partial charge in [0.15, 0.2) is 8.68 Å². The molecule has 0 atom stereocenters. The first-order chi connectivity index (χ1) is 10.6. The van der Waals surface area contributed by atoms with E-state index in [9.17, 15) is 14.9 Å². The van der Waals surface area contributed by atoms with Crippen molar-refractivity contribution in [1.82, 2.24) is 10.2 Å². The van der Waals surface area contributed by atoms with Gasteiger partial charge in [-0.15, -0.1) is 10.2 Å². The summed E-state index contributed by atoms with van der Waals surface area (Å²) in [5, 5.41) is 21.2. The SMILES string of the molecule is CCSc1nnc(SCC(=O)Nc2ccc([N+](=O)[O-])cc2)s1. The molecule has 22 heavy (non-hydrogen) atoms. The number of nitrogens with one attached hydrogen (secondary N) is 1. The van der Waals surface area contributed by atoms with Gasteiger partial charge < -0.3 is 5.32 Å². The molecule has 0 fully saturated rings. The first kappa shape index (κ1) is 16.7. The number of carbonyl (C=O) groups is 1. The van der Waals surface area contributed by atoms with Crippen LogP contribution in [0.15, 0.2) is 32.9 Å². The lowest BCUT2D eigenvalue weighted by atomic mass is 10.3. The lowest BCUT2D eigenvalue weighted by Crippen LogP contribution is -2.13. The molecule has 7 nitrogen and oxygen atoms in total. The van der Waals surface area contributed by atoms with Crippen molar-refractivity contribution in [3.05, 3.63) is 34.4 Å². The van der Waals surface area contributed by atoms with E-state index < -0.39 is 4.92 Å². The summed E-state index contributed by atoms with van der Waals surface area (Å²) in [7, 11) is 0. The van der Waals surface area contributed by atoms with E-state index >= 15 is 0 Å². The molecule has 0 aliphatic heterocycles. The Labute approximate surface area is 139 Å². The summed E-state index contributed by atoms with van der Waals surface area (Å²) in [5.74, 6) is 0.946. The predicted octanol–water partition coefficient (Wildman–Crippen LogP) is 3.29. The first-order valence-electron chi connectivity index (χ1n) is 6.22. The summed E-state index contributed by atoms with van der Waals surface area (Å²) < 4.78 is 1.63. The largest absolute Gasteiger partial charge is 0.325 e. The second-order valence-electron chi connectivity index (χ2n) is 3.91. The molecule has 10 heteroatoms. The molecule has 1 heterocycles. The fraction of sp³-hybridized carbons (Fsp3) is 0.250. The molecule has 1 N–H and O–H groups in total. The minimum absolute atomic E-state index is 0.0119. The van der Waals surface area contributed by atoms with Crippen LogP contribution >= 0.6 is 34.9 Å². The average Bonchev–Trinajstić information content (AvgIpc) is 2.94. The third-order valence-electron chi connectivity index (χ3n) is 2.34. The van der Waals surface area contributed by atoms with Crippen molar-refractivity contribution in [2.24, 2.45) is 0 Å². The van der Waals surface area contributed by atoms with Crippen LogP contribution in [0.25, 0.3) is 0 Å². The second-order valence-corrected chi connectivity index (χ2v) is 7.62.